The zero-order valence-corrected chi connectivity index (χ0v) is 14.7. The third-order valence-electron chi connectivity index (χ3n) is 3.81. The van der Waals surface area contributed by atoms with E-state index in [1.165, 1.54) is 4.90 Å². The maximum Gasteiger partial charge on any atom is 0.409 e. The van der Waals surface area contributed by atoms with Crippen molar-refractivity contribution in [3.05, 3.63) is 0 Å². The van der Waals surface area contributed by atoms with Crippen molar-refractivity contribution in [2.75, 3.05) is 55.1 Å². The van der Waals surface area contributed by atoms with Crippen molar-refractivity contribution in [2.24, 2.45) is 5.92 Å². The van der Waals surface area contributed by atoms with Gasteiger partial charge in [-0.1, -0.05) is 6.92 Å². The first-order chi connectivity index (χ1) is 10.2. The van der Waals surface area contributed by atoms with E-state index >= 15 is 0 Å². The molecule has 1 saturated heterocycles. The van der Waals surface area contributed by atoms with Gasteiger partial charge in [0.1, 0.15) is 6.61 Å². The summed E-state index contributed by atoms with van der Waals surface area (Å²) in [6.45, 7) is 3.70. The minimum atomic E-state index is -0.368. The first-order valence-electron chi connectivity index (χ1n) is 7.73. The number of carbonyl (C=O) groups excluding carboxylic acids is 2. The lowest BCUT2D eigenvalue weighted by Gasteiger charge is -2.40. The number of nitrogens with zero attached hydrogens (tertiary/aromatic N) is 4. The van der Waals surface area contributed by atoms with Crippen LogP contribution in [0.15, 0.2) is 0 Å². The van der Waals surface area contributed by atoms with Gasteiger partial charge in [-0.2, -0.15) is 0 Å². The number of hydrogen-bond acceptors (Lipinski definition) is 4. The summed E-state index contributed by atoms with van der Waals surface area (Å²) in [5.74, 6) is 0.534. The minimum absolute atomic E-state index is 0.00787. The lowest BCUT2D eigenvalue weighted by molar-refractivity contribution is 0.0474. The van der Waals surface area contributed by atoms with Crippen LogP contribution in [0.4, 0.5) is 9.59 Å². The van der Waals surface area contributed by atoms with Crippen molar-refractivity contribution in [1.29, 1.82) is 0 Å². The molecule has 0 N–H and O–H groups in total. The number of carbonyl (C=O) groups is 2. The van der Waals surface area contributed by atoms with Crippen molar-refractivity contribution in [2.45, 2.75) is 25.8 Å². The Labute approximate surface area is 133 Å². The van der Waals surface area contributed by atoms with Crippen molar-refractivity contribution >= 4 is 12.1 Å². The molecule has 2 unspecified atom stereocenters. The summed E-state index contributed by atoms with van der Waals surface area (Å²) in [5.41, 5.74) is 0. The average Bonchev–Trinajstić information content (AvgIpc) is 2.43. The maximum atomic E-state index is 12.6. The molecular formula is C15H30N4O3. The van der Waals surface area contributed by atoms with Crippen LogP contribution < -0.4 is 0 Å². The van der Waals surface area contributed by atoms with Gasteiger partial charge >= 0.3 is 12.1 Å². The molecule has 0 spiro atoms. The summed E-state index contributed by atoms with van der Waals surface area (Å²) in [4.78, 5) is 31.1. The van der Waals surface area contributed by atoms with Crippen LogP contribution in [0.25, 0.3) is 0 Å². The molecule has 1 heterocycles. The molecule has 7 heteroatoms. The zero-order chi connectivity index (χ0) is 16.9. The Hall–Kier alpha value is -1.50. The molecule has 128 valence electrons. The summed E-state index contributed by atoms with van der Waals surface area (Å²) in [6, 6.07) is -0.0590. The average molecular weight is 314 g/mol. The van der Waals surface area contributed by atoms with E-state index in [0.29, 0.717) is 19.1 Å². The molecule has 0 saturated carbocycles. The SMILES string of the molecule is CC1CCN(C(=O)N(C)CN(C)C)C(COC(=O)N(C)C)C1. The summed E-state index contributed by atoms with van der Waals surface area (Å²) < 4.78 is 5.30. The molecule has 1 aliphatic rings. The number of piperidine rings is 1. The lowest BCUT2D eigenvalue weighted by Crippen LogP contribution is -2.53. The summed E-state index contributed by atoms with van der Waals surface area (Å²) >= 11 is 0. The smallest absolute Gasteiger partial charge is 0.409 e. The van der Waals surface area contributed by atoms with Crippen molar-refractivity contribution in [3.8, 4) is 0 Å². The van der Waals surface area contributed by atoms with Gasteiger partial charge in [0.15, 0.2) is 0 Å². The number of urea groups is 1. The third kappa shape index (κ3) is 5.36. The van der Waals surface area contributed by atoms with E-state index in [1.807, 2.05) is 23.9 Å². The molecule has 1 rings (SSSR count). The van der Waals surface area contributed by atoms with E-state index in [1.54, 1.807) is 26.0 Å². The number of ether oxygens (including phenoxy) is 1. The van der Waals surface area contributed by atoms with Crippen LogP contribution in [0.5, 0.6) is 0 Å². The zero-order valence-electron chi connectivity index (χ0n) is 14.7. The highest BCUT2D eigenvalue weighted by Crippen LogP contribution is 2.24. The van der Waals surface area contributed by atoms with Gasteiger partial charge in [0.25, 0.3) is 0 Å². The van der Waals surface area contributed by atoms with E-state index in [4.69, 9.17) is 4.74 Å². The second-order valence-electron chi connectivity index (χ2n) is 6.65. The molecule has 0 bridgehead atoms. The molecular weight excluding hydrogens is 284 g/mol. The molecule has 0 aromatic heterocycles. The van der Waals surface area contributed by atoms with Gasteiger partial charge in [0, 0.05) is 27.7 Å². The molecule has 0 aliphatic carbocycles. The quantitative estimate of drug-likeness (QED) is 0.735. The molecule has 1 aliphatic heterocycles. The second kappa shape index (κ2) is 8.22. The highest BCUT2D eigenvalue weighted by atomic mass is 16.6. The predicted molar refractivity (Wildman–Crippen MR) is 85.6 cm³/mol. The number of rotatable bonds is 4. The monoisotopic (exact) mass is 314 g/mol. The van der Waals surface area contributed by atoms with Gasteiger partial charge in [-0.15, -0.1) is 0 Å². The summed E-state index contributed by atoms with van der Waals surface area (Å²) in [5, 5.41) is 0. The fourth-order valence-corrected chi connectivity index (χ4v) is 2.66. The Morgan fingerprint density at radius 3 is 2.36 bits per heavy atom. The van der Waals surface area contributed by atoms with E-state index < -0.39 is 0 Å². The van der Waals surface area contributed by atoms with Crippen LogP contribution >= 0.6 is 0 Å². The van der Waals surface area contributed by atoms with Gasteiger partial charge in [0.05, 0.1) is 12.7 Å². The van der Waals surface area contributed by atoms with Gasteiger partial charge in [-0.3, -0.25) is 4.90 Å². The van der Waals surface area contributed by atoms with Gasteiger partial charge in [-0.05, 0) is 32.9 Å². The van der Waals surface area contributed by atoms with Crippen LogP contribution in [0.3, 0.4) is 0 Å². The van der Waals surface area contributed by atoms with Crippen molar-refractivity contribution < 1.29 is 14.3 Å². The Kier molecular flexibility index (Phi) is 6.93. The van der Waals surface area contributed by atoms with E-state index in [9.17, 15) is 9.59 Å². The number of hydrogen-bond donors (Lipinski definition) is 0. The minimum Gasteiger partial charge on any atom is -0.447 e. The lowest BCUT2D eigenvalue weighted by atomic mass is 9.93. The standard InChI is InChI=1S/C15H30N4O3/c1-12-7-8-19(14(20)18(6)11-16(2)3)13(9-12)10-22-15(21)17(4)5/h12-13H,7-11H2,1-6H3. The predicted octanol–water partition coefficient (Wildman–Crippen LogP) is 1.36. The topological polar surface area (TPSA) is 56.3 Å². The summed E-state index contributed by atoms with van der Waals surface area (Å²) in [6.07, 6.45) is 1.48. The largest absolute Gasteiger partial charge is 0.447 e. The Bertz CT molecular complexity index is 387. The summed E-state index contributed by atoms with van der Waals surface area (Å²) in [7, 11) is 8.96. The highest BCUT2D eigenvalue weighted by Gasteiger charge is 2.32. The Morgan fingerprint density at radius 2 is 1.82 bits per heavy atom. The van der Waals surface area contributed by atoms with Crippen molar-refractivity contribution in [3.63, 3.8) is 0 Å². The van der Waals surface area contributed by atoms with Gasteiger partial charge in [0.2, 0.25) is 0 Å². The van der Waals surface area contributed by atoms with Crippen molar-refractivity contribution in [1.82, 2.24) is 19.6 Å². The normalized spacial score (nSPS) is 21.7. The molecule has 0 radical (unpaired) electrons. The molecule has 3 amide bonds. The van der Waals surface area contributed by atoms with Gasteiger partial charge < -0.3 is 19.4 Å². The molecule has 22 heavy (non-hydrogen) atoms. The first-order valence-corrected chi connectivity index (χ1v) is 7.73. The van der Waals surface area contributed by atoms with E-state index in [2.05, 4.69) is 6.92 Å². The molecule has 1 fully saturated rings. The molecule has 0 aromatic rings. The maximum absolute atomic E-state index is 12.6. The van der Waals surface area contributed by atoms with Crippen LogP contribution in [-0.2, 0) is 4.74 Å². The van der Waals surface area contributed by atoms with E-state index in [0.717, 1.165) is 12.8 Å². The van der Waals surface area contributed by atoms with Crippen LogP contribution in [-0.4, -0.2) is 92.8 Å². The van der Waals surface area contributed by atoms with Crippen LogP contribution in [0.2, 0.25) is 0 Å². The fourth-order valence-electron chi connectivity index (χ4n) is 2.66. The highest BCUT2D eigenvalue weighted by molar-refractivity contribution is 5.74. The Morgan fingerprint density at radius 1 is 1.18 bits per heavy atom. The van der Waals surface area contributed by atoms with Gasteiger partial charge in [-0.25, -0.2) is 9.59 Å². The third-order valence-corrected chi connectivity index (χ3v) is 3.81. The van der Waals surface area contributed by atoms with E-state index in [-0.39, 0.29) is 24.8 Å². The first kappa shape index (κ1) is 18.5. The second-order valence-corrected chi connectivity index (χ2v) is 6.65. The number of likely N-dealkylation sites (tertiary alicyclic amines) is 1. The molecule has 0 aromatic carbocycles. The molecule has 2 atom stereocenters. The Balaban J connectivity index is 2.68. The number of amides is 3. The van der Waals surface area contributed by atoms with Crippen LogP contribution in [0, 0.1) is 5.92 Å². The fraction of sp³-hybridized carbons (Fsp3) is 0.867. The molecule has 7 nitrogen and oxygen atoms in total. The van der Waals surface area contributed by atoms with Crippen LogP contribution in [0.1, 0.15) is 19.8 Å².